The van der Waals surface area contributed by atoms with Crippen molar-refractivity contribution in [3.63, 3.8) is 0 Å². The molecule has 2 aromatic rings. The highest BCUT2D eigenvalue weighted by molar-refractivity contribution is 5.92. The minimum atomic E-state index is -0.246. The van der Waals surface area contributed by atoms with E-state index in [4.69, 9.17) is 4.42 Å². The third-order valence-corrected chi connectivity index (χ3v) is 3.47. The van der Waals surface area contributed by atoms with Gasteiger partial charge in [-0.1, -0.05) is 0 Å². The molecule has 0 spiro atoms. The van der Waals surface area contributed by atoms with Crippen LogP contribution < -0.4 is 15.5 Å². The summed E-state index contributed by atoms with van der Waals surface area (Å²) in [6.07, 6.45) is 7.29. The Balaban J connectivity index is 1.62. The van der Waals surface area contributed by atoms with Gasteiger partial charge in [-0.3, -0.25) is 0 Å². The van der Waals surface area contributed by atoms with Crippen LogP contribution in [-0.4, -0.2) is 24.1 Å². The Morgan fingerprint density at radius 1 is 1.33 bits per heavy atom. The Kier molecular flexibility index (Phi) is 4.04. The standard InChI is InChI=1S/C15H18N4O2/c20-15(17-10-12-5-9-21-11-12)18-13-4-3-6-16-14(13)19-7-1-2-8-19/h3-6,9,11H,1-2,7-8,10H2,(H2,17,18,20). The molecule has 1 aliphatic rings. The number of carbonyl (C=O) groups is 1. The third kappa shape index (κ3) is 3.34. The summed E-state index contributed by atoms with van der Waals surface area (Å²) < 4.78 is 4.96. The smallest absolute Gasteiger partial charge is 0.319 e. The van der Waals surface area contributed by atoms with Crippen LogP contribution in [-0.2, 0) is 6.54 Å². The second-order valence-electron chi connectivity index (χ2n) is 5.01. The highest BCUT2D eigenvalue weighted by Gasteiger charge is 2.17. The minimum Gasteiger partial charge on any atom is -0.472 e. The quantitative estimate of drug-likeness (QED) is 0.906. The lowest BCUT2D eigenvalue weighted by atomic mass is 10.3. The molecule has 0 bridgehead atoms. The maximum absolute atomic E-state index is 12.0. The second kappa shape index (κ2) is 6.30. The van der Waals surface area contributed by atoms with E-state index < -0.39 is 0 Å². The topological polar surface area (TPSA) is 70.4 Å². The van der Waals surface area contributed by atoms with Crippen molar-refractivity contribution in [2.75, 3.05) is 23.3 Å². The fraction of sp³-hybridized carbons (Fsp3) is 0.333. The average molecular weight is 286 g/mol. The highest BCUT2D eigenvalue weighted by Crippen LogP contribution is 2.25. The molecular weight excluding hydrogens is 268 g/mol. The van der Waals surface area contributed by atoms with Gasteiger partial charge in [-0.2, -0.15) is 0 Å². The number of urea groups is 1. The Bertz CT molecular complexity index is 591. The lowest BCUT2D eigenvalue weighted by Gasteiger charge is -2.20. The average Bonchev–Trinajstić information content (AvgIpc) is 3.19. The van der Waals surface area contributed by atoms with Crippen molar-refractivity contribution in [1.29, 1.82) is 0 Å². The predicted molar refractivity (Wildman–Crippen MR) is 80.3 cm³/mol. The van der Waals surface area contributed by atoms with Gasteiger partial charge in [0.15, 0.2) is 5.82 Å². The number of hydrogen-bond acceptors (Lipinski definition) is 4. The number of nitrogens with one attached hydrogen (secondary N) is 2. The number of amides is 2. The maximum atomic E-state index is 12.0. The second-order valence-corrected chi connectivity index (χ2v) is 5.01. The Hall–Kier alpha value is -2.50. The molecule has 1 fully saturated rings. The third-order valence-electron chi connectivity index (χ3n) is 3.47. The lowest BCUT2D eigenvalue weighted by molar-refractivity contribution is 0.251. The Morgan fingerprint density at radius 2 is 2.19 bits per heavy atom. The van der Waals surface area contributed by atoms with E-state index in [0.717, 1.165) is 30.2 Å². The highest BCUT2D eigenvalue weighted by atomic mass is 16.3. The van der Waals surface area contributed by atoms with E-state index >= 15 is 0 Å². The summed E-state index contributed by atoms with van der Waals surface area (Å²) in [5.74, 6) is 0.841. The number of furan rings is 1. The van der Waals surface area contributed by atoms with Crippen LogP contribution in [0.25, 0.3) is 0 Å². The van der Waals surface area contributed by atoms with Crippen LogP contribution in [0.2, 0.25) is 0 Å². The molecule has 2 N–H and O–H groups in total. The molecule has 110 valence electrons. The molecule has 0 saturated carbocycles. The zero-order chi connectivity index (χ0) is 14.5. The van der Waals surface area contributed by atoms with Gasteiger partial charge in [0.1, 0.15) is 0 Å². The van der Waals surface area contributed by atoms with Crippen LogP contribution in [0.15, 0.2) is 41.3 Å². The number of pyridine rings is 1. The van der Waals surface area contributed by atoms with Crippen molar-refractivity contribution in [3.05, 3.63) is 42.5 Å². The molecule has 2 amide bonds. The van der Waals surface area contributed by atoms with Crippen LogP contribution in [0.5, 0.6) is 0 Å². The number of aromatic nitrogens is 1. The largest absolute Gasteiger partial charge is 0.472 e. The molecular formula is C15H18N4O2. The van der Waals surface area contributed by atoms with Crippen molar-refractivity contribution < 1.29 is 9.21 Å². The molecule has 0 radical (unpaired) electrons. The zero-order valence-corrected chi connectivity index (χ0v) is 11.7. The van der Waals surface area contributed by atoms with Crippen LogP contribution in [0.3, 0.4) is 0 Å². The molecule has 0 atom stereocenters. The molecule has 1 saturated heterocycles. The molecule has 6 heteroatoms. The summed E-state index contributed by atoms with van der Waals surface area (Å²) in [4.78, 5) is 18.6. The van der Waals surface area contributed by atoms with Crippen LogP contribution in [0.1, 0.15) is 18.4 Å². The van der Waals surface area contributed by atoms with E-state index in [-0.39, 0.29) is 6.03 Å². The van der Waals surface area contributed by atoms with E-state index in [9.17, 15) is 4.79 Å². The van der Waals surface area contributed by atoms with E-state index in [0.29, 0.717) is 6.54 Å². The van der Waals surface area contributed by atoms with E-state index in [1.807, 2.05) is 18.2 Å². The van der Waals surface area contributed by atoms with E-state index in [2.05, 4.69) is 20.5 Å². The molecule has 6 nitrogen and oxygen atoms in total. The molecule has 0 aliphatic carbocycles. The van der Waals surface area contributed by atoms with E-state index in [1.165, 1.54) is 12.8 Å². The molecule has 1 aliphatic heterocycles. The van der Waals surface area contributed by atoms with Gasteiger partial charge >= 0.3 is 6.03 Å². The van der Waals surface area contributed by atoms with Crippen molar-refractivity contribution in [1.82, 2.24) is 10.3 Å². The van der Waals surface area contributed by atoms with Crippen LogP contribution >= 0.6 is 0 Å². The maximum Gasteiger partial charge on any atom is 0.319 e. The van der Waals surface area contributed by atoms with Crippen molar-refractivity contribution in [2.45, 2.75) is 19.4 Å². The molecule has 3 heterocycles. The molecule has 0 unspecified atom stereocenters. The number of nitrogens with zero attached hydrogens (tertiary/aromatic N) is 2. The van der Waals surface area contributed by atoms with Gasteiger partial charge in [0.05, 0.1) is 18.2 Å². The van der Waals surface area contributed by atoms with Crippen LogP contribution in [0.4, 0.5) is 16.3 Å². The first kappa shape index (κ1) is 13.5. The number of carbonyl (C=O) groups excluding carboxylic acids is 1. The predicted octanol–water partition coefficient (Wildman–Crippen LogP) is 2.60. The molecule has 21 heavy (non-hydrogen) atoms. The first-order valence-corrected chi connectivity index (χ1v) is 7.09. The van der Waals surface area contributed by atoms with E-state index in [1.54, 1.807) is 18.7 Å². The fourth-order valence-corrected chi connectivity index (χ4v) is 2.42. The Morgan fingerprint density at radius 3 is 2.95 bits per heavy atom. The SMILES string of the molecule is O=C(NCc1ccoc1)Nc1cccnc1N1CCCC1. The Labute approximate surface area is 123 Å². The van der Waals surface area contributed by atoms with Gasteiger partial charge in [0.2, 0.25) is 0 Å². The first-order chi connectivity index (χ1) is 10.3. The minimum absolute atomic E-state index is 0.246. The first-order valence-electron chi connectivity index (χ1n) is 7.09. The van der Waals surface area contributed by atoms with Crippen LogP contribution in [0, 0.1) is 0 Å². The van der Waals surface area contributed by atoms with Gasteiger partial charge in [0.25, 0.3) is 0 Å². The van der Waals surface area contributed by atoms with Gasteiger partial charge in [-0.15, -0.1) is 0 Å². The summed E-state index contributed by atoms with van der Waals surface area (Å²) in [6.45, 7) is 2.41. The summed E-state index contributed by atoms with van der Waals surface area (Å²) >= 11 is 0. The van der Waals surface area contributed by atoms with Crippen molar-refractivity contribution in [3.8, 4) is 0 Å². The molecule has 3 rings (SSSR count). The number of rotatable bonds is 4. The zero-order valence-electron chi connectivity index (χ0n) is 11.7. The van der Waals surface area contributed by atoms with Gasteiger partial charge in [-0.05, 0) is 31.0 Å². The fourth-order valence-electron chi connectivity index (χ4n) is 2.42. The van der Waals surface area contributed by atoms with Crippen molar-refractivity contribution in [2.24, 2.45) is 0 Å². The molecule has 0 aromatic carbocycles. The van der Waals surface area contributed by atoms with Gasteiger partial charge in [0, 0.05) is 31.4 Å². The number of hydrogen-bond donors (Lipinski definition) is 2. The number of anilines is 2. The summed E-state index contributed by atoms with van der Waals surface area (Å²) in [6, 6.07) is 5.27. The summed E-state index contributed by atoms with van der Waals surface area (Å²) in [5, 5.41) is 5.66. The summed E-state index contributed by atoms with van der Waals surface area (Å²) in [5.41, 5.74) is 1.67. The van der Waals surface area contributed by atoms with Gasteiger partial charge in [-0.25, -0.2) is 9.78 Å². The monoisotopic (exact) mass is 286 g/mol. The lowest BCUT2D eigenvalue weighted by Crippen LogP contribution is -2.29. The van der Waals surface area contributed by atoms with Crippen molar-refractivity contribution >= 4 is 17.5 Å². The summed E-state index contributed by atoms with van der Waals surface area (Å²) in [7, 11) is 0. The normalized spacial score (nSPS) is 14.2. The molecule has 2 aromatic heterocycles. The van der Waals surface area contributed by atoms with Gasteiger partial charge < -0.3 is 20.0 Å².